The van der Waals surface area contributed by atoms with Crippen LogP contribution in [0.4, 0.5) is 0 Å². The third-order valence-corrected chi connectivity index (χ3v) is 9.18. The van der Waals surface area contributed by atoms with E-state index in [9.17, 15) is 9.90 Å². The van der Waals surface area contributed by atoms with Gasteiger partial charge in [-0.15, -0.1) is 23.6 Å². The molecule has 4 nitrogen and oxygen atoms in total. The number of aliphatic hydroxyl groups excluding tert-OH is 1. The minimum atomic E-state index is -0.181. The van der Waals surface area contributed by atoms with Gasteiger partial charge in [0, 0.05) is 60.7 Å². The number of rotatable bonds is 7. The summed E-state index contributed by atoms with van der Waals surface area (Å²) in [5.41, 5.74) is 7.47. The van der Waals surface area contributed by atoms with E-state index in [1.165, 1.54) is 28.0 Å². The average Bonchev–Trinajstić information content (AvgIpc) is 3.35. The van der Waals surface area contributed by atoms with Crippen molar-refractivity contribution in [2.24, 2.45) is 11.8 Å². The quantitative estimate of drug-likeness (QED) is 0.102. The van der Waals surface area contributed by atoms with Crippen molar-refractivity contribution in [1.29, 1.82) is 0 Å². The summed E-state index contributed by atoms with van der Waals surface area (Å²) in [4.78, 5) is 16.5. The number of carbonyl (C=O) groups excluding carboxylic acids is 1. The summed E-state index contributed by atoms with van der Waals surface area (Å²) < 4.78 is 6.28. The van der Waals surface area contributed by atoms with Crippen LogP contribution in [0.5, 0.6) is 0 Å². The van der Waals surface area contributed by atoms with E-state index in [2.05, 4.69) is 69.3 Å². The Morgan fingerprint density at radius 3 is 2.30 bits per heavy atom. The molecule has 0 saturated carbocycles. The Kier molecular flexibility index (Phi) is 9.99. The number of aromatic nitrogens is 1. The van der Waals surface area contributed by atoms with Gasteiger partial charge in [-0.1, -0.05) is 88.4 Å². The molecule has 0 spiro atoms. The number of nitrogens with zero attached hydrogens (tertiary/aromatic N) is 1. The Labute approximate surface area is 268 Å². The molecular formula is C38H42IrNO3-. The zero-order chi connectivity index (χ0) is 30.2. The molecule has 1 aliphatic rings. The molecule has 1 aliphatic carbocycles. The zero-order valence-corrected chi connectivity index (χ0v) is 28.7. The van der Waals surface area contributed by atoms with Gasteiger partial charge in [-0.3, -0.25) is 9.78 Å². The van der Waals surface area contributed by atoms with Crippen LogP contribution in [0.3, 0.4) is 0 Å². The normalized spacial score (nSPS) is 13.7. The topological polar surface area (TPSA) is 63.3 Å². The molecule has 227 valence electrons. The Morgan fingerprint density at radius 2 is 1.63 bits per heavy atom. The van der Waals surface area contributed by atoms with E-state index in [1.807, 2.05) is 40.0 Å². The fraction of sp³-hybridized carbons (Fsp3) is 0.368. The molecule has 1 N–H and O–H groups in total. The number of hydrogen-bond donors (Lipinski definition) is 1. The molecule has 0 atom stereocenters. The van der Waals surface area contributed by atoms with Crippen LogP contribution in [0.1, 0.15) is 83.9 Å². The molecule has 2 heterocycles. The van der Waals surface area contributed by atoms with Gasteiger partial charge >= 0.3 is 0 Å². The maximum Gasteiger partial charge on any atom is 0.162 e. The summed E-state index contributed by atoms with van der Waals surface area (Å²) in [5.74, 6) is 0.547. The molecule has 5 heteroatoms. The van der Waals surface area contributed by atoms with Gasteiger partial charge in [0.2, 0.25) is 0 Å². The van der Waals surface area contributed by atoms with Crippen LogP contribution < -0.4 is 0 Å². The Bertz CT molecular complexity index is 1810. The summed E-state index contributed by atoms with van der Waals surface area (Å²) in [6, 6.07) is 20.8. The average molecular weight is 753 g/mol. The number of pyridine rings is 1. The molecule has 0 saturated heterocycles. The van der Waals surface area contributed by atoms with E-state index in [0.29, 0.717) is 0 Å². The van der Waals surface area contributed by atoms with Crippen LogP contribution in [0, 0.1) is 24.8 Å². The van der Waals surface area contributed by atoms with E-state index in [-0.39, 0.29) is 48.9 Å². The zero-order valence-electron chi connectivity index (χ0n) is 26.3. The molecule has 3 aromatic carbocycles. The SMILES string of the molecule is CCC(CC)C(=O)/C=C(\O)C(CC)CC.Cc1ccc2c3c1oc1ccnc(c13)-c1[c-]c3ccccc3cc1C2(C)C.[Ir]. The largest absolute Gasteiger partial charge is 0.512 e. The van der Waals surface area contributed by atoms with E-state index < -0.39 is 0 Å². The van der Waals surface area contributed by atoms with Crippen LogP contribution in [0.2, 0.25) is 0 Å². The molecule has 0 bridgehead atoms. The fourth-order valence-electron chi connectivity index (χ4n) is 6.43. The van der Waals surface area contributed by atoms with Crippen molar-refractivity contribution in [3.05, 3.63) is 89.3 Å². The first-order valence-corrected chi connectivity index (χ1v) is 15.4. The summed E-state index contributed by atoms with van der Waals surface area (Å²) in [6.45, 7) is 14.8. The van der Waals surface area contributed by atoms with Gasteiger partial charge in [0.1, 0.15) is 11.2 Å². The van der Waals surface area contributed by atoms with Crippen LogP contribution >= 0.6 is 0 Å². The van der Waals surface area contributed by atoms with Gasteiger partial charge in [0.25, 0.3) is 0 Å². The number of aliphatic hydroxyl groups is 1. The number of aryl methyl sites for hydroxylation is 1. The second-order valence-electron chi connectivity index (χ2n) is 12.0. The first kappa shape index (κ1) is 32.6. The molecule has 0 aliphatic heterocycles. The number of fused-ring (bicyclic) bond motifs is 3. The third kappa shape index (κ3) is 5.82. The summed E-state index contributed by atoms with van der Waals surface area (Å²) in [6.07, 6.45) is 6.75. The van der Waals surface area contributed by atoms with Crippen molar-refractivity contribution >= 4 is 38.5 Å². The standard InChI is InChI=1S/C25H18NO.C13H24O2.Ir/c1-14-8-9-18-21-22-20(27-24(14)21)10-11-26-23(22)17-12-15-6-4-5-7-16(15)13-19(17)25(18,2)3;1-5-10(6-2)12(14)9-13(15)11(7-3)8-4;/h4-11,13H,1-3H3;9-11,14H,5-8H2,1-4H3;/q-1;;/b;12-9-;. The molecule has 0 fully saturated rings. The number of carbonyl (C=O) groups is 1. The van der Waals surface area contributed by atoms with E-state index in [1.54, 1.807) is 0 Å². The number of ketones is 1. The number of hydrogen-bond acceptors (Lipinski definition) is 4. The fourth-order valence-corrected chi connectivity index (χ4v) is 6.43. The molecule has 2 aromatic heterocycles. The van der Waals surface area contributed by atoms with Gasteiger partial charge < -0.3 is 9.52 Å². The molecular weight excluding hydrogens is 711 g/mol. The third-order valence-electron chi connectivity index (χ3n) is 9.18. The second-order valence-corrected chi connectivity index (χ2v) is 12.0. The van der Waals surface area contributed by atoms with Crippen molar-refractivity contribution in [1.82, 2.24) is 4.98 Å². The van der Waals surface area contributed by atoms with E-state index in [4.69, 9.17) is 9.40 Å². The Hall–Kier alpha value is -3.27. The summed E-state index contributed by atoms with van der Waals surface area (Å²) in [5, 5.41) is 14.4. The number of furan rings is 1. The molecule has 0 unspecified atom stereocenters. The van der Waals surface area contributed by atoms with Gasteiger partial charge in [-0.05, 0) is 55.2 Å². The van der Waals surface area contributed by atoms with Gasteiger partial charge in [0.05, 0.1) is 5.76 Å². The first-order chi connectivity index (χ1) is 20.2. The summed E-state index contributed by atoms with van der Waals surface area (Å²) in [7, 11) is 0. The maximum absolute atomic E-state index is 11.7. The Morgan fingerprint density at radius 1 is 0.953 bits per heavy atom. The molecule has 1 radical (unpaired) electrons. The minimum absolute atomic E-state index is 0. The molecule has 43 heavy (non-hydrogen) atoms. The van der Waals surface area contributed by atoms with E-state index >= 15 is 0 Å². The van der Waals surface area contributed by atoms with Crippen LogP contribution in [0.15, 0.2) is 71.0 Å². The first-order valence-electron chi connectivity index (χ1n) is 15.4. The smallest absolute Gasteiger partial charge is 0.162 e. The van der Waals surface area contributed by atoms with Crippen molar-refractivity contribution in [2.45, 2.75) is 79.6 Å². The van der Waals surface area contributed by atoms with Crippen molar-refractivity contribution in [3.63, 3.8) is 0 Å². The summed E-state index contributed by atoms with van der Waals surface area (Å²) >= 11 is 0. The second kappa shape index (κ2) is 13.2. The molecule has 5 aromatic rings. The van der Waals surface area contributed by atoms with Crippen molar-refractivity contribution in [3.8, 4) is 11.3 Å². The minimum Gasteiger partial charge on any atom is -0.512 e. The van der Waals surface area contributed by atoms with Crippen LogP contribution in [0.25, 0.3) is 44.0 Å². The van der Waals surface area contributed by atoms with Crippen LogP contribution in [-0.4, -0.2) is 15.9 Å². The number of benzene rings is 3. The monoisotopic (exact) mass is 753 g/mol. The van der Waals surface area contributed by atoms with Gasteiger partial charge in [-0.2, -0.15) is 0 Å². The predicted molar refractivity (Wildman–Crippen MR) is 174 cm³/mol. The van der Waals surface area contributed by atoms with Crippen molar-refractivity contribution in [2.75, 3.05) is 0 Å². The van der Waals surface area contributed by atoms with Crippen LogP contribution in [-0.2, 0) is 30.3 Å². The maximum atomic E-state index is 11.7. The van der Waals surface area contributed by atoms with Gasteiger partial charge in [-0.25, -0.2) is 0 Å². The van der Waals surface area contributed by atoms with Crippen molar-refractivity contribution < 1.29 is 34.4 Å². The predicted octanol–water partition coefficient (Wildman–Crippen LogP) is 10.4. The number of allylic oxidation sites excluding steroid dienone is 2. The Balaban J connectivity index is 0.000000230. The molecule has 6 rings (SSSR count). The van der Waals surface area contributed by atoms with E-state index in [0.717, 1.165) is 64.4 Å². The van der Waals surface area contributed by atoms with Gasteiger partial charge in [0.15, 0.2) is 5.78 Å². The molecule has 0 amide bonds.